The topological polar surface area (TPSA) is 38.5 Å². The molecule has 1 aromatic rings. The molecule has 0 bridgehead atoms. The average molecular weight is 262 g/mol. The van der Waals surface area contributed by atoms with Crippen molar-refractivity contribution in [2.45, 2.75) is 44.8 Å². The third-order valence-electron chi connectivity index (χ3n) is 4.29. The lowest BCUT2D eigenvalue weighted by atomic mass is 9.83. The molecule has 0 amide bonds. The van der Waals surface area contributed by atoms with Gasteiger partial charge in [0.05, 0.1) is 7.11 Å². The second kappa shape index (κ2) is 6.40. The summed E-state index contributed by atoms with van der Waals surface area (Å²) in [4.78, 5) is 2.40. The van der Waals surface area contributed by atoms with E-state index < -0.39 is 0 Å². The van der Waals surface area contributed by atoms with Gasteiger partial charge in [-0.1, -0.05) is 19.1 Å². The van der Waals surface area contributed by atoms with Gasteiger partial charge in [0.2, 0.25) is 0 Å². The van der Waals surface area contributed by atoms with Gasteiger partial charge in [-0.2, -0.15) is 0 Å². The monoisotopic (exact) mass is 262 g/mol. The molecule has 3 atom stereocenters. The summed E-state index contributed by atoms with van der Waals surface area (Å²) < 4.78 is 5.19. The first-order chi connectivity index (χ1) is 9.10. The van der Waals surface area contributed by atoms with E-state index in [0.717, 1.165) is 24.6 Å². The third-order valence-corrected chi connectivity index (χ3v) is 4.29. The Morgan fingerprint density at radius 3 is 2.58 bits per heavy atom. The Balaban J connectivity index is 1.96. The molecule has 1 aliphatic rings. The first-order valence-electron chi connectivity index (χ1n) is 7.19. The van der Waals surface area contributed by atoms with Gasteiger partial charge < -0.3 is 10.5 Å². The van der Waals surface area contributed by atoms with E-state index in [1.54, 1.807) is 7.11 Å². The van der Waals surface area contributed by atoms with Gasteiger partial charge in [-0.25, -0.2) is 0 Å². The first-order valence-corrected chi connectivity index (χ1v) is 7.19. The molecular weight excluding hydrogens is 236 g/mol. The van der Waals surface area contributed by atoms with Crippen LogP contribution in [0.2, 0.25) is 0 Å². The highest BCUT2D eigenvalue weighted by atomic mass is 16.5. The van der Waals surface area contributed by atoms with Gasteiger partial charge in [0.25, 0.3) is 0 Å². The number of benzene rings is 1. The summed E-state index contributed by atoms with van der Waals surface area (Å²) in [5.74, 6) is 1.71. The fourth-order valence-electron chi connectivity index (χ4n) is 3.02. The summed E-state index contributed by atoms with van der Waals surface area (Å²) in [6.45, 7) is 3.29. The minimum Gasteiger partial charge on any atom is -0.497 e. The highest BCUT2D eigenvalue weighted by Gasteiger charge is 2.28. The van der Waals surface area contributed by atoms with Crippen LogP contribution in [0.15, 0.2) is 24.3 Å². The van der Waals surface area contributed by atoms with Crippen molar-refractivity contribution in [2.24, 2.45) is 11.7 Å². The first kappa shape index (κ1) is 14.4. The van der Waals surface area contributed by atoms with E-state index in [0.29, 0.717) is 12.1 Å². The molecule has 0 heterocycles. The molecule has 0 saturated heterocycles. The zero-order valence-electron chi connectivity index (χ0n) is 12.3. The van der Waals surface area contributed by atoms with E-state index in [1.807, 2.05) is 12.1 Å². The van der Waals surface area contributed by atoms with Crippen molar-refractivity contribution in [2.75, 3.05) is 14.2 Å². The molecular formula is C16H26N2O. The summed E-state index contributed by atoms with van der Waals surface area (Å²) in [7, 11) is 3.89. The van der Waals surface area contributed by atoms with Crippen molar-refractivity contribution in [1.82, 2.24) is 4.90 Å². The average Bonchev–Trinajstić information content (AvgIpc) is 2.42. The largest absolute Gasteiger partial charge is 0.497 e. The predicted octanol–water partition coefficient (Wildman–Crippen LogP) is 2.64. The number of hydrogen-bond acceptors (Lipinski definition) is 3. The van der Waals surface area contributed by atoms with Crippen LogP contribution in [0.5, 0.6) is 5.75 Å². The van der Waals surface area contributed by atoms with Crippen molar-refractivity contribution >= 4 is 0 Å². The second-order valence-electron chi connectivity index (χ2n) is 5.91. The zero-order chi connectivity index (χ0) is 13.8. The quantitative estimate of drug-likeness (QED) is 0.906. The molecule has 1 fully saturated rings. The van der Waals surface area contributed by atoms with Crippen molar-refractivity contribution in [3.63, 3.8) is 0 Å². The molecule has 3 nitrogen and oxygen atoms in total. The van der Waals surface area contributed by atoms with Crippen molar-refractivity contribution in [3.8, 4) is 5.75 Å². The van der Waals surface area contributed by atoms with Crippen LogP contribution in [0, 0.1) is 5.92 Å². The Morgan fingerprint density at radius 1 is 1.26 bits per heavy atom. The molecule has 3 unspecified atom stereocenters. The summed E-state index contributed by atoms with van der Waals surface area (Å²) in [5, 5.41) is 0. The van der Waals surface area contributed by atoms with Gasteiger partial charge in [0.15, 0.2) is 0 Å². The lowest BCUT2D eigenvalue weighted by Crippen LogP contribution is -2.49. The molecule has 2 N–H and O–H groups in total. The number of hydrogen-bond donors (Lipinski definition) is 1. The number of nitrogens with two attached hydrogens (primary N) is 1. The van der Waals surface area contributed by atoms with E-state index >= 15 is 0 Å². The minimum atomic E-state index is 0.319. The van der Waals surface area contributed by atoms with Gasteiger partial charge in [-0.15, -0.1) is 0 Å². The molecule has 1 saturated carbocycles. The fourth-order valence-corrected chi connectivity index (χ4v) is 3.02. The second-order valence-corrected chi connectivity index (χ2v) is 5.91. The molecule has 0 spiro atoms. The van der Waals surface area contributed by atoms with E-state index in [-0.39, 0.29) is 0 Å². The van der Waals surface area contributed by atoms with Crippen LogP contribution in [-0.2, 0) is 6.54 Å². The number of nitrogens with zero attached hydrogens (tertiary/aromatic N) is 1. The van der Waals surface area contributed by atoms with Crippen molar-refractivity contribution in [1.29, 1.82) is 0 Å². The number of ether oxygens (including phenoxy) is 1. The Hall–Kier alpha value is -1.06. The van der Waals surface area contributed by atoms with E-state index in [1.165, 1.54) is 18.4 Å². The van der Waals surface area contributed by atoms with Gasteiger partial charge >= 0.3 is 0 Å². The van der Waals surface area contributed by atoms with Crippen molar-refractivity contribution in [3.05, 3.63) is 29.8 Å². The number of likely N-dealkylation sites (N-methyl/N-ethyl adjacent to an activating group) is 1. The zero-order valence-corrected chi connectivity index (χ0v) is 12.3. The molecule has 2 rings (SSSR count). The maximum absolute atomic E-state index is 6.28. The van der Waals surface area contributed by atoms with Gasteiger partial charge in [0, 0.05) is 18.6 Å². The number of methoxy groups -OCH3 is 1. The molecule has 1 aromatic carbocycles. The summed E-state index contributed by atoms with van der Waals surface area (Å²) >= 11 is 0. The summed E-state index contributed by atoms with van der Waals surface area (Å²) in [5.41, 5.74) is 7.59. The Morgan fingerprint density at radius 2 is 1.95 bits per heavy atom. The predicted molar refractivity (Wildman–Crippen MR) is 79.2 cm³/mol. The standard InChI is InChI=1S/C16H26N2O/c1-12-4-9-15(17)16(10-12)18(2)11-13-5-7-14(19-3)8-6-13/h5-8,12,15-16H,4,9-11,17H2,1-3H3. The van der Waals surface area contributed by atoms with Crippen LogP contribution in [0.25, 0.3) is 0 Å². The molecule has 0 radical (unpaired) electrons. The Bertz CT molecular complexity index is 390. The highest BCUT2D eigenvalue weighted by molar-refractivity contribution is 5.27. The summed E-state index contributed by atoms with van der Waals surface area (Å²) in [6.07, 6.45) is 3.64. The summed E-state index contributed by atoms with van der Waals surface area (Å²) in [6, 6.07) is 9.13. The van der Waals surface area contributed by atoms with Gasteiger partial charge in [-0.05, 0) is 49.9 Å². The maximum Gasteiger partial charge on any atom is 0.118 e. The van der Waals surface area contributed by atoms with E-state index in [9.17, 15) is 0 Å². The Labute approximate surface area is 116 Å². The third kappa shape index (κ3) is 3.71. The molecule has 0 aliphatic heterocycles. The smallest absolute Gasteiger partial charge is 0.118 e. The fraction of sp³-hybridized carbons (Fsp3) is 0.625. The Kier molecular flexibility index (Phi) is 4.83. The van der Waals surface area contributed by atoms with Crippen LogP contribution in [-0.4, -0.2) is 31.1 Å². The van der Waals surface area contributed by atoms with Crippen molar-refractivity contribution < 1.29 is 4.74 Å². The highest BCUT2D eigenvalue weighted by Crippen LogP contribution is 2.27. The van der Waals surface area contributed by atoms with E-state index in [2.05, 4.69) is 31.0 Å². The van der Waals surface area contributed by atoms with Crippen LogP contribution < -0.4 is 10.5 Å². The molecule has 19 heavy (non-hydrogen) atoms. The van der Waals surface area contributed by atoms with Crippen LogP contribution in [0.3, 0.4) is 0 Å². The van der Waals surface area contributed by atoms with E-state index in [4.69, 9.17) is 10.5 Å². The van der Waals surface area contributed by atoms with Crippen LogP contribution in [0.1, 0.15) is 31.7 Å². The lowest BCUT2D eigenvalue weighted by molar-refractivity contribution is 0.136. The molecule has 3 heteroatoms. The normalized spacial score (nSPS) is 27.5. The van der Waals surface area contributed by atoms with Crippen LogP contribution >= 0.6 is 0 Å². The minimum absolute atomic E-state index is 0.319. The van der Waals surface area contributed by atoms with Gasteiger partial charge in [0.1, 0.15) is 5.75 Å². The number of rotatable bonds is 4. The molecule has 106 valence electrons. The van der Waals surface area contributed by atoms with Gasteiger partial charge in [-0.3, -0.25) is 4.90 Å². The lowest BCUT2D eigenvalue weighted by Gasteiger charge is -2.38. The molecule has 1 aliphatic carbocycles. The maximum atomic E-state index is 6.28. The SMILES string of the molecule is COc1ccc(CN(C)C2CC(C)CCC2N)cc1. The molecule has 0 aromatic heterocycles. The van der Waals surface area contributed by atoms with Crippen LogP contribution in [0.4, 0.5) is 0 Å².